The first-order valence-corrected chi connectivity index (χ1v) is 6.44. The third-order valence-electron chi connectivity index (χ3n) is 2.59. The smallest absolute Gasteiger partial charge is 0.241 e. The number of nitrogens with one attached hydrogen (secondary N) is 1. The van der Waals surface area contributed by atoms with Gasteiger partial charge < -0.3 is 15.8 Å². The molecule has 0 heterocycles. The van der Waals surface area contributed by atoms with Crippen LogP contribution in [0.5, 0.6) is 5.75 Å². The van der Waals surface area contributed by atoms with Crippen LogP contribution in [0.2, 0.25) is 0 Å². The number of benzene rings is 1. The summed E-state index contributed by atoms with van der Waals surface area (Å²) in [5.74, 6) is 0.464. The average Bonchev–Trinajstić information content (AvgIpc) is 2.25. The molecule has 1 rings (SSSR count). The highest BCUT2D eigenvalue weighted by molar-refractivity contribution is 9.10. The van der Waals surface area contributed by atoms with Gasteiger partial charge in [-0.25, -0.2) is 0 Å². The Bertz CT molecular complexity index is 441. The molecule has 0 spiro atoms. The monoisotopic (exact) mass is 314 g/mol. The van der Waals surface area contributed by atoms with E-state index in [4.69, 9.17) is 10.5 Å². The van der Waals surface area contributed by atoms with Crippen LogP contribution in [-0.4, -0.2) is 19.1 Å². The van der Waals surface area contributed by atoms with Gasteiger partial charge in [0.05, 0.1) is 13.2 Å². The van der Waals surface area contributed by atoms with Crippen LogP contribution in [0.15, 0.2) is 22.7 Å². The molecule has 0 radical (unpaired) electrons. The maximum absolute atomic E-state index is 12.0. The third kappa shape index (κ3) is 3.99. The molecule has 1 aromatic carbocycles. The normalized spacial score (nSPS) is 13.0. The van der Waals surface area contributed by atoms with Gasteiger partial charge in [0.1, 0.15) is 5.75 Å². The minimum Gasteiger partial charge on any atom is -0.497 e. The van der Waals surface area contributed by atoms with E-state index in [9.17, 15) is 4.79 Å². The maximum Gasteiger partial charge on any atom is 0.241 e. The van der Waals surface area contributed by atoms with Gasteiger partial charge in [0, 0.05) is 16.2 Å². The number of methoxy groups -OCH3 is 1. The van der Waals surface area contributed by atoms with E-state index in [0.717, 1.165) is 4.47 Å². The zero-order chi connectivity index (χ0) is 13.9. The predicted octanol–water partition coefficient (Wildman–Crippen LogP) is 2.77. The molecule has 0 aliphatic heterocycles. The van der Waals surface area contributed by atoms with Gasteiger partial charge in [-0.3, -0.25) is 4.79 Å². The Kier molecular flexibility index (Phi) is 4.76. The van der Waals surface area contributed by atoms with E-state index in [-0.39, 0.29) is 11.3 Å². The number of hydrogen-bond acceptors (Lipinski definition) is 3. The van der Waals surface area contributed by atoms with Crippen molar-refractivity contribution in [2.75, 3.05) is 12.4 Å². The van der Waals surface area contributed by atoms with Gasteiger partial charge in [-0.2, -0.15) is 0 Å². The maximum atomic E-state index is 12.0. The minimum atomic E-state index is -0.567. The zero-order valence-corrected chi connectivity index (χ0v) is 12.7. The average molecular weight is 315 g/mol. The molecule has 5 heteroatoms. The van der Waals surface area contributed by atoms with Crippen molar-refractivity contribution in [1.82, 2.24) is 0 Å². The number of anilines is 1. The Morgan fingerprint density at radius 1 is 1.39 bits per heavy atom. The molecule has 0 fully saturated rings. The highest BCUT2D eigenvalue weighted by atomic mass is 79.9. The van der Waals surface area contributed by atoms with Crippen LogP contribution >= 0.6 is 15.9 Å². The standard InChI is InChI=1S/C13H19BrN2O2/c1-13(2,3)11(15)12(17)16-9-5-8(14)6-10(7-9)18-4/h5-7,11H,15H2,1-4H3,(H,16,17)/t11-/m1/s1. The first-order valence-electron chi connectivity index (χ1n) is 5.65. The Labute approximate surface area is 116 Å². The Hall–Kier alpha value is -1.07. The minimum absolute atomic E-state index is 0.206. The summed E-state index contributed by atoms with van der Waals surface area (Å²) in [7, 11) is 1.58. The fourth-order valence-electron chi connectivity index (χ4n) is 1.37. The molecule has 1 aromatic rings. The molecule has 18 heavy (non-hydrogen) atoms. The summed E-state index contributed by atoms with van der Waals surface area (Å²) < 4.78 is 5.97. The summed E-state index contributed by atoms with van der Waals surface area (Å²) >= 11 is 3.36. The van der Waals surface area contributed by atoms with Crippen LogP contribution in [0, 0.1) is 5.41 Å². The molecule has 100 valence electrons. The molecule has 0 saturated heterocycles. The summed E-state index contributed by atoms with van der Waals surface area (Å²) in [5, 5.41) is 2.79. The summed E-state index contributed by atoms with van der Waals surface area (Å²) in [6, 6.07) is 4.80. The van der Waals surface area contributed by atoms with Crippen molar-refractivity contribution in [3.63, 3.8) is 0 Å². The molecule has 0 unspecified atom stereocenters. The summed E-state index contributed by atoms with van der Waals surface area (Å²) in [5.41, 5.74) is 6.28. The Morgan fingerprint density at radius 2 is 2.00 bits per heavy atom. The van der Waals surface area contributed by atoms with Crippen LogP contribution in [-0.2, 0) is 4.79 Å². The van der Waals surface area contributed by atoms with E-state index in [1.807, 2.05) is 26.8 Å². The van der Waals surface area contributed by atoms with E-state index >= 15 is 0 Å². The van der Waals surface area contributed by atoms with Crippen molar-refractivity contribution in [3.8, 4) is 5.75 Å². The lowest BCUT2D eigenvalue weighted by atomic mass is 9.87. The van der Waals surface area contributed by atoms with Crippen molar-refractivity contribution in [2.45, 2.75) is 26.8 Å². The van der Waals surface area contributed by atoms with Gasteiger partial charge in [0.25, 0.3) is 0 Å². The number of carbonyl (C=O) groups is 1. The van der Waals surface area contributed by atoms with Crippen molar-refractivity contribution in [1.29, 1.82) is 0 Å². The lowest BCUT2D eigenvalue weighted by molar-refractivity contribution is -0.119. The summed E-state index contributed by atoms with van der Waals surface area (Å²) in [6.07, 6.45) is 0. The van der Waals surface area contributed by atoms with Crippen LogP contribution in [0.4, 0.5) is 5.69 Å². The molecule has 0 saturated carbocycles. The molecule has 3 N–H and O–H groups in total. The second-order valence-corrected chi connectivity index (χ2v) is 6.13. The van der Waals surface area contributed by atoms with Crippen LogP contribution in [0.3, 0.4) is 0 Å². The van der Waals surface area contributed by atoms with Gasteiger partial charge in [-0.05, 0) is 17.5 Å². The van der Waals surface area contributed by atoms with Gasteiger partial charge in [0.15, 0.2) is 0 Å². The zero-order valence-electron chi connectivity index (χ0n) is 11.1. The first kappa shape index (κ1) is 15.0. The van der Waals surface area contributed by atoms with E-state index < -0.39 is 6.04 Å². The van der Waals surface area contributed by atoms with Gasteiger partial charge >= 0.3 is 0 Å². The van der Waals surface area contributed by atoms with Gasteiger partial charge in [-0.15, -0.1) is 0 Å². The summed E-state index contributed by atoms with van der Waals surface area (Å²) in [4.78, 5) is 12.0. The number of rotatable bonds is 3. The topological polar surface area (TPSA) is 64.3 Å². The van der Waals surface area contributed by atoms with E-state index in [1.165, 1.54) is 0 Å². The van der Waals surface area contributed by atoms with Crippen LogP contribution in [0.25, 0.3) is 0 Å². The van der Waals surface area contributed by atoms with Crippen molar-refractivity contribution < 1.29 is 9.53 Å². The quantitative estimate of drug-likeness (QED) is 0.901. The molecular formula is C13H19BrN2O2. The fourth-order valence-corrected chi connectivity index (χ4v) is 1.84. The van der Waals surface area contributed by atoms with Crippen LogP contribution in [0.1, 0.15) is 20.8 Å². The Balaban J connectivity index is 2.85. The SMILES string of the molecule is COc1cc(Br)cc(NC(=O)[C@@H](N)C(C)(C)C)c1. The van der Waals surface area contributed by atoms with Crippen molar-refractivity contribution in [2.24, 2.45) is 11.1 Å². The molecular weight excluding hydrogens is 296 g/mol. The number of amides is 1. The lowest BCUT2D eigenvalue weighted by Crippen LogP contribution is -2.45. The molecule has 1 atom stereocenters. The molecule has 1 amide bonds. The number of carbonyl (C=O) groups excluding carboxylic acids is 1. The fraction of sp³-hybridized carbons (Fsp3) is 0.462. The largest absolute Gasteiger partial charge is 0.497 e. The highest BCUT2D eigenvalue weighted by Crippen LogP contribution is 2.25. The van der Waals surface area contributed by atoms with E-state index in [1.54, 1.807) is 19.2 Å². The Morgan fingerprint density at radius 3 is 2.50 bits per heavy atom. The molecule has 0 bridgehead atoms. The second-order valence-electron chi connectivity index (χ2n) is 5.21. The van der Waals surface area contributed by atoms with Gasteiger partial charge in [-0.1, -0.05) is 36.7 Å². The second kappa shape index (κ2) is 5.71. The number of halogens is 1. The molecule has 4 nitrogen and oxygen atoms in total. The molecule has 0 aromatic heterocycles. The van der Waals surface area contributed by atoms with E-state index in [2.05, 4.69) is 21.2 Å². The number of hydrogen-bond donors (Lipinski definition) is 2. The van der Waals surface area contributed by atoms with Gasteiger partial charge in [0.2, 0.25) is 5.91 Å². The molecule has 0 aliphatic carbocycles. The van der Waals surface area contributed by atoms with Crippen LogP contribution < -0.4 is 15.8 Å². The van der Waals surface area contributed by atoms with Crippen molar-refractivity contribution >= 4 is 27.5 Å². The predicted molar refractivity (Wildman–Crippen MR) is 76.8 cm³/mol. The van der Waals surface area contributed by atoms with Crippen molar-refractivity contribution in [3.05, 3.63) is 22.7 Å². The third-order valence-corrected chi connectivity index (χ3v) is 3.05. The number of nitrogens with two attached hydrogens (primary N) is 1. The lowest BCUT2D eigenvalue weighted by Gasteiger charge is -2.25. The molecule has 0 aliphatic rings. The first-order chi connectivity index (χ1) is 8.24. The summed E-state index contributed by atoms with van der Waals surface area (Å²) in [6.45, 7) is 5.79. The highest BCUT2D eigenvalue weighted by Gasteiger charge is 2.27. The number of ether oxygens (including phenoxy) is 1. The van der Waals surface area contributed by atoms with E-state index in [0.29, 0.717) is 11.4 Å².